The minimum atomic E-state index is -0.878. The van der Waals surface area contributed by atoms with Gasteiger partial charge in [0.05, 0.1) is 0 Å². The van der Waals surface area contributed by atoms with Crippen molar-refractivity contribution in [3.63, 3.8) is 0 Å². The molecule has 1 amide bonds. The number of aromatic nitrogens is 1. The van der Waals surface area contributed by atoms with Crippen molar-refractivity contribution in [1.29, 1.82) is 0 Å². The molecule has 0 radical (unpaired) electrons. The highest BCUT2D eigenvalue weighted by Crippen LogP contribution is 2.17. The summed E-state index contributed by atoms with van der Waals surface area (Å²) in [4.78, 5) is 26.6. The third-order valence-corrected chi connectivity index (χ3v) is 3.44. The molecular weight excluding hydrogens is 299 g/mol. The summed E-state index contributed by atoms with van der Waals surface area (Å²) in [5.74, 6) is -0.940. The molecule has 0 bridgehead atoms. The fourth-order valence-electron chi connectivity index (χ4n) is 2.20. The normalized spacial score (nSPS) is 11.8. The van der Waals surface area contributed by atoms with Crippen LogP contribution >= 0.6 is 0 Å². The molecule has 0 saturated carbocycles. The first kappa shape index (κ1) is 16.7. The number of rotatable bonds is 5. The molecule has 0 spiro atoms. The van der Waals surface area contributed by atoms with Gasteiger partial charge in [-0.3, -0.25) is 9.59 Å². The van der Waals surface area contributed by atoms with Crippen molar-refractivity contribution >= 4 is 5.91 Å². The number of hydrogen-bond acceptors (Lipinski definition) is 3. The Morgan fingerprint density at radius 2 is 2.04 bits per heavy atom. The second-order valence-electron chi connectivity index (χ2n) is 5.35. The summed E-state index contributed by atoms with van der Waals surface area (Å²) >= 11 is 0. The van der Waals surface area contributed by atoms with Crippen LogP contribution < -0.4 is 15.6 Å². The van der Waals surface area contributed by atoms with Crippen LogP contribution in [-0.4, -0.2) is 17.0 Å². The van der Waals surface area contributed by atoms with Gasteiger partial charge in [-0.15, -0.1) is 0 Å². The number of carbonyl (C=O) groups excluding carboxylic acids is 1. The monoisotopic (exact) mass is 318 g/mol. The number of para-hydroxylation sites is 1. The lowest BCUT2D eigenvalue weighted by atomic mass is 10.1. The van der Waals surface area contributed by atoms with E-state index in [-0.39, 0.29) is 17.9 Å². The highest BCUT2D eigenvalue weighted by molar-refractivity contribution is 5.80. The lowest BCUT2D eigenvalue weighted by molar-refractivity contribution is -0.127. The molecule has 1 aromatic heterocycles. The largest absolute Gasteiger partial charge is 0.478 e. The fraction of sp³-hybridized carbons (Fsp3) is 0.294. The number of ether oxygens (including phenoxy) is 1. The Kier molecular flexibility index (Phi) is 5.16. The minimum Gasteiger partial charge on any atom is -0.478 e. The summed E-state index contributed by atoms with van der Waals surface area (Å²) in [5.41, 5.74) is 1.82. The zero-order chi connectivity index (χ0) is 17.0. The third-order valence-electron chi connectivity index (χ3n) is 3.44. The van der Waals surface area contributed by atoms with Crippen molar-refractivity contribution < 1.29 is 13.9 Å². The number of pyridine rings is 1. The SMILES string of the molecule is Cc1cc(C)c(CNC(=O)[C@@H](C)Oc2ccccc2F)c(=O)[nH]1. The summed E-state index contributed by atoms with van der Waals surface area (Å²) in [7, 11) is 0. The van der Waals surface area contributed by atoms with Crippen molar-refractivity contribution in [1.82, 2.24) is 10.3 Å². The van der Waals surface area contributed by atoms with Gasteiger partial charge in [-0.1, -0.05) is 12.1 Å². The number of aryl methyl sites for hydroxylation is 2. The van der Waals surface area contributed by atoms with E-state index in [1.807, 2.05) is 13.0 Å². The van der Waals surface area contributed by atoms with Crippen LogP contribution in [-0.2, 0) is 11.3 Å². The van der Waals surface area contributed by atoms with E-state index in [1.54, 1.807) is 19.1 Å². The Balaban J connectivity index is 2.00. The number of aromatic amines is 1. The molecule has 5 nitrogen and oxygen atoms in total. The zero-order valence-corrected chi connectivity index (χ0v) is 13.3. The van der Waals surface area contributed by atoms with E-state index in [4.69, 9.17) is 4.74 Å². The predicted octanol–water partition coefficient (Wildman–Crippen LogP) is 2.21. The summed E-state index contributed by atoms with van der Waals surface area (Å²) < 4.78 is 18.8. The van der Waals surface area contributed by atoms with Crippen LogP contribution in [0.3, 0.4) is 0 Å². The van der Waals surface area contributed by atoms with Gasteiger partial charge in [0.1, 0.15) is 0 Å². The van der Waals surface area contributed by atoms with Crippen molar-refractivity contribution in [2.24, 2.45) is 0 Å². The molecule has 1 atom stereocenters. The van der Waals surface area contributed by atoms with E-state index >= 15 is 0 Å². The minimum absolute atomic E-state index is 0.0134. The van der Waals surface area contributed by atoms with E-state index in [2.05, 4.69) is 10.3 Å². The summed E-state index contributed by atoms with van der Waals surface area (Å²) in [6.45, 7) is 5.21. The first-order chi connectivity index (χ1) is 10.9. The Bertz CT molecular complexity index is 771. The highest BCUT2D eigenvalue weighted by Gasteiger charge is 2.17. The summed E-state index contributed by atoms with van der Waals surface area (Å²) in [6, 6.07) is 7.71. The number of nitrogens with one attached hydrogen (secondary N) is 2. The lowest BCUT2D eigenvalue weighted by Crippen LogP contribution is -2.37. The molecule has 0 aliphatic heterocycles. The number of benzene rings is 1. The fourth-order valence-corrected chi connectivity index (χ4v) is 2.20. The van der Waals surface area contributed by atoms with Crippen molar-refractivity contribution in [2.75, 3.05) is 0 Å². The summed E-state index contributed by atoms with van der Waals surface area (Å²) in [6.07, 6.45) is -0.878. The molecule has 122 valence electrons. The van der Waals surface area contributed by atoms with Gasteiger partial charge >= 0.3 is 0 Å². The van der Waals surface area contributed by atoms with Gasteiger partial charge in [0, 0.05) is 17.8 Å². The molecule has 1 heterocycles. The Labute approximate surface area is 133 Å². The number of hydrogen-bond donors (Lipinski definition) is 2. The molecule has 0 fully saturated rings. The van der Waals surface area contributed by atoms with Gasteiger partial charge in [-0.2, -0.15) is 0 Å². The molecule has 2 rings (SSSR count). The van der Waals surface area contributed by atoms with Crippen LogP contribution in [0.2, 0.25) is 0 Å². The topological polar surface area (TPSA) is 71.2 Å². The smallest absolute Gasteiger partial charge is 0.261 e. The number of amides is 1. The molecule has 0 unspecified atom stereocenters. The van der Waals surface area contributed by atoms with Crippen molar-refractivity contribution in [3.05, 3.63) is 63.3 Å². The maximum atomic E-state index is 13.5. The maximum absolute atomic E-state index is 13.5. The van der Waals surface area contributed by atoms with Crippen LogP contribution in [0.15, 0.2) is 35.1 Å². The Morgan fingerprint density at radius 1 is 1.35 bits per heavy atom. The van der Waals surface area contributed by atoms with Gasteiger partial charge in [-0.25, -0.2) is 4.39 Å². The van der Waals surface area contributed by atoms with E-state index in [9.17, 15) is 14.0 Å². The van der Waals surface area contributed by atoms with E-state index in [0.29, 0.717) is 5.56 Å². The van der Waals surface area contributed by atoms with Crippen LogP contribution in [0, 0.1) is 19.7 Å². The van der Waals surface area contributed by atoms with E-state index in [1.165, 1.54) is 19.1 Å². The van der Waals surface area contributed by atoms with Crippen LogP contribution in [0.5, 0.6) is 5.75 Å². The third kappa shape index (κ3) is 4.18. The second-order valence-corrected chi connectivity index (χ2v) is 5.35. The quantitative estimate of drug-likeness (QED) is 0.888. The van der Waals surface area contributed by atoms with Crippen LogP contribution in [0.25, 0.3) is 0 Å². The van der Waals surface area contributed by atoms with Crippen LogP contribution in [0.4, 0.5) is 4.39 Å². The first-order valence-corrected chi connectivity index (χ1v) is 7.26. The van der Waals surface area contributed by atoms with Gasteiger partial charge in [0.15, 0.2) is 17.7 Å². The van der Waals surface area contributed by atoms with Crippen molar-refractivity contribution in [3.8, 4) is 5.75 Å². The molecule has 0 saturated heterocycles. The van der Waals surface area contributed by atoms with E-state index < -0.39 is 17.8 Å². The molecule has 6 heteroatoms. The molecular formula is C17H19FN2O3. The average molecular weight is 318 g/mol. The number of halogens is 1. The standard InChI is InChI=1S/C17H19FN2O3/c1-10-8-11(2)20-17(22)13(10)9-19-16(21)12(3)23-15-7-5-4-6-14(15)18/h4-8,12H,9H2,1-3H3,(H,19,21)(H,20,22)/t12-/m1/s1. The predicted molar refractivity (Wildman–Crippen MR) is 84.9 cm³/mol. The first-order valence-electron chi connectivity index (χ1n) is 7.26. The second kappa shape index (κ2) is 7.09. The molecule has 23 heavy (non-hydrogen) atoms. The van der Waals surface area contributed by atoms with Crippen molar-refractivity contribution in [2.45, 2.75) is 33.4 Å². The Hall–Kier alpha value is -2.63. The average Bonchev–Trinajstić information content (AvgIpc) is 2.48. The molecule has 0 aliphatic rings. The summed E-state index contributed by atoms with van der Waals surface area (Å²) in [5, 5.41) is 2.63. The molecule has 2 N–H and O–H groups in total. The number of H-pyrrole nitrogens is 1. The van der Waals surface area contributed by atoms with Gasteiger partial charge in [-0.05, 0) is 44.5 Å². The molecule has 1 aromatic carbocycles. The van der Waals surface area contributed by atoms with Gasteiger partial charge < -0.3 is 15.0 Å². The van der Waals surface area contributed by atoms with Crippen LogP contribution in [0.1, 0.15) is 23.7 Å². The highest BCUT2D eigenvalue weighted by atomic mass is 19.1. The van der Waals surface area contributed by atoms with Gasteiger partial charge in [0.2, 0.25) is 0 Å². The molecule has 2 aromatic rings. The Morgan fingerprint density at radius 3 is 2.70 bits per heavy atom. The lowest BCUT2D eigenvalue weighted by Gasteiger charge is -2.15. The maximum Gasteiger partial charge on any atom is 0.261 e. The molecule has 0 aliphatic carbocycles. The number of carbonyl (C=O) groups is 1. The zero-order valence-electron chi connectivity index (χ0n) is 13.3. The van der Waals surface area contributed by atoms with E-state index in [0.717, 1.165) is 11.3 Å². The van der Waals surface area contributed by atoms with Gasteiger partial charge in [0.25, 0.3) is 11.5 Å².